The first kappa shape index (κ1) is 20.8. The molecule has 2 aromatic carbocycles. The minimum atomic E-state index is -4.79. The van der Waals surface area contributed by atoms with Crippen LogP contribution in [0.4, 0.5) is 19.2 Å². The Labute approximate surface area is 177 Å². The minimum Gasteiger partial charge on any atom is -0.478 e. The Morgan fingerprint density at radius 2 is 1.75 bits per heavy atom. The molecule has 0 unspecified atom stereocenters. The van der Waals surface area contributed by atoms with Gasteiger partial charge < -0.3 is 14.3 Å². The highest BCUT2D eigenvalue weighted by molar-refractivity contribution is 6.03. The van der Waals surface area contributed by atoms with Crippen LogP contribution in [0.15, 0.2) is 65.2 Å². The number of alkyl halides is 3. The summed E-state index contributed by atoms with van der Waals surface area (Å²) in [6.45, 7) is 0. The Balaban J connectivity index is 1.52. The van der Waals surface area contributed by atoms with Crippen LogP contribution in [0.5, 0.6) is 5.75 Å². The fraction of sp³-hybridized carbons (Fsp3) is 0.0476. The van der Waals surface area contributed by atoms with Crippen LogP contribution in [-0.4, -0.2) is 33.3 Å². The summed E-state index contributed by atoms with van der Waals surface area (Å²) in [7, 11) is 0. The highest BCUT2D eigenvalue weighted by Crippen LogP contribution is 2.27. The van der Waals surface area contributed by atoms with Crippen LogP contribution in [0.25, 0.3) is 22.2 Å². The number of rotatable bonds is 5. The summed E-state index contributed by atoms with van der Waals surface area (Å²) in [5.41, 5.74) is 1.64. The summed E-state index contributed by atoms with van der Waals surface area (Å²) < 4.78 is 46.1. The number of ether oxygens (including phenoxy) is 1. The predicted octanol–water partition coefficient (Wildman–Crippen LogP) is 4.74. The highest BCUT2D eigenvalue weighted by Gasteiger charge is 2.31. The lowest BCUT2D eigenvalue weighted by Crippen LogP contribution is -2.16. The quantitative estimate of drug-likeness (QED) is 0.458. The molecule has 2 N–H and O–H groups in total. The zero-order chi connectivity index (χ0) is 22.9. The molecule has 4 aromatic rings. The number of carboxylic acids is 1. The van der Waals surface area contributed by atoms with Crippen molar-refractivity contribution in [2.75, 3.05) is 5.32 Å². The molecule has 0 aliphatic carbocycles. The monoisotopic (exact) mass is 443 g/mol. The van der Waals surface area contributed by atoms with E-state index in [2.05, 4.69) is 20.0 Å². The van der Waals surface area contributed by atoms with Crippen LogP contribution in [-0.2, 0) is 0 Å². The molecule has 0 atom stereocenters. The molecule has 0 saturated heterocycles. The molecule has 0 spiro atoms. The predicted molar refractivity (Wildman–Crippen MR) is 105 cm³/mol. The fourth-order valence-electron chi connectivity index (χ4n) is 2.86. The molecule has 2 aromatic heterocycles. The van der Waals surface area contributed by atoms with E-state index in [1.165, 1.54) is 42.6 Å². The number of fused-ring (bicyclic) bond motifs is 1. The van der Waals surface area contributed by atoms with Gasteiger partial charge in [-0.2, -0.15) is 4.98 Å². The Bertz CT molecular complexity index is 1320. The number of pyridine rings is 1. The third-order valence-electron chi connectivity index (χ3n) is 4.27. The van der Waals surface area contributed by atoms with Gasteiger partial charge in [0.25, 0.3) is 5.91 Å². The number of aromatic nitrogens is 2. The Morgan fingerprint density at radius 3 is 2.44 bits per heavy atom. The number of benzene rings is 2. The average molecular weight is 443 g/mol. The van der Waals surface area contributed by atoms with E-state index in [0.29, 0.717) is 11.1 Å². The van der Waals surface area contributed by atoms with Crippen molar-refractivity contribution in [2.45, 2.75) is 6.36 Å². The average Bonchev–Trinajstić information content (AvgIpc) is 3.14. The van der Waals surface area contributed by atoms with Crippen LogP contribution >= 0.6 is 0 Å². The van der Waals surface area contributed by atoms with E-state index in [1.807, 2.05) is 0 Å². The van der Waals surface area contributed by atoms with Gasteiger partial charge in [-0.3, -0.25) is 15.1 Å². The topological polar surface area (TPSA) is 115 Å². The van der Waals surface area contributed by atoms with Crippen LogP contribution in [0.2, 0.25) is 0 Å². The molecule has 0 aliphatic heterocycles. The molecule has 0 saturated carbocycles. The number of hydrogen-bond donors (Lipinski definition) is 2. The molecule has 32 heavy (non-hydrogen) atoms. The van der Waals surface area contributed by atoms with E-state index in [4.69, 9.17) is 9.52 Å². The number of carboxylic acid groups (broad SMARTS) is 1. The maximum atomic E-state index is 12.5. The smallest absolute Gasteiger partial charge is 0.478 e. The van der Waals surface area contributed by atoms with Gasteiger partial charge in [0.1, 0.15) is 17.0 Å². The summed E-state index contributed by atoms with van der Waals surface area (Å²) in [4.78, 5) is 31.6. The Hall–Kier alpha value is -4.41. The number of amides is 1. The number of nitrogens with one attached hydrogen (secondary N) is 1. The van der Waals surface area contributed by atoms with Crippen LogP contribution < -0.4 is 10.1 Å². The van der Waals surface area contributed by atoms with Gasteiger partial charge in [-0.1, -0.05) is 12.1 Å². The van der Waals surface area contributed by atoms with Crippen molar-refractivity contribution in [1.82, 2.24) is 9.97 Å². The first-order valence-corrected chi connectivity index (χ1v) is 8.95. The summed E-state index contributed by atoms with van der Waals surface area (Å²) in [5.74, 6) is -2.14. The van der Waals surface area contributed by atoms with Crippen molar-refractivity contribution in [3.63, 3.8) is 0 Å². The van der Waals surface area contributed by atoms with Crippen LogP contribution in [0.1, 0.15) is 20.8 Å². The van der Waals surface area contributed by atoms with Crippen molar-refractivity contribution in [3.05, 3.63) is 72.1 Å². The number of oxazole rings is 1. The van der Waals surface area contributed by atoms with E-state index >= 15 is 0 Å². The number of nitrogens with zero attached hydrogens (tertiary/aromatic N) is 2. The highest BCUT2D eigenvalue weighted by atomic mass is 19.4. The van der Waals surface area contributed by atoms with Gasteiger partial charge in [0, 0.05) is 6.20 Å². The fourth-order valence-corrected chi connectivity index (χ4v) is 2.86. The van der Waals surface area contributed by atoms with Crippen molar-refractivity contribution >= 4 is 29.0 Å². The molecular formula is C21H12F3N3O5. The van der Waals surface area contributed by atoms with E-state index < -0.39 is 18.2 Å². The lowest BCUT2D eigenvalue weighted by molar-refractivity contribution is -0.274. The molecule has 0 radical (unpaired) electrons. The SMILES string of the molecule is O=C(O)c1ccc2oc(NC(=O)c3cc(-c4ccc(OC(F)(F)F)cc4)ccn3)nc2c1. The first-order valence-electron chi connectivity index (χ1n) is 8.95. The standard InChI is InChI=1S/C21H12F3N3O5/c22-21(23,24)32-14-4-1-11(2-5-14)12-7-8-25-16(9-12)18(28)27-20-26-15-10-13(19(29)30)3-6-17(15)31-20/h1-10H,(H,29,30)(H,26,27,28). The van der Waals surface area contributed by atoms with Gasteiger partial charge in [0.15, 0.2) is 5.58 Å². The number of halogens is 3. The maximum Gasteiger partial charge on any atom is 0.573 e. The largest absolute Gasteiger partial charge is 0.573 e. The van der Waals surface area contributed by atoms with E-state index in [-0.39, 0.29) is 34.1 Å². The third kappa shape index (κ3) is 4.67. The van der Waals surface area contributed by atoms with Gasteiger partial charge in [-0.05, 0) is 53.6 Å². The molecule has 0 aliphatic rings. The number of carbonyl (C=O) groups excluding carboxylic acids is 1. The van der Waals surface area contributed by atoms with Gasteiger partial charge in [-0.15, -0.1) is 13.2 Å². The summed E-state index contributed by atoms with van der Waals surface area (Å²) in [6.07, 6.45) is -3.42. The maximum absolute atomic E-state index is 12.5. The van der Waals surface area contributed by atoms with Crippen molar-refractivity contribution in [2.24, 2.45) is 0 Å². The minimum absolute atomic E-state index is 0.00611. The zero-order valence-electron chi connectivity index (χ0n) is 15.9. The molecule has 162 valence electrons. The van der Waals surface area contributed by atoms with E-state index in [9.17, 15) is 22.8 Å². The number of hydrogen-bond acceptors (Lipinski definition) is 6. The molecule has 0 fully saturated rings. The third-order valence-corrected chi connectivity index (χ3v) is 4.27. The summed E-state index contributed by atoms with van der Waals surface area (Å²) in [6, 6.07) is 12.1. The van der Waals surface area contributed by atoms with Crippen molar-refractivity contribution < 1.29 is 37.0 Å². The van der Waals surface area contributed by atoms with Gasteiger partial charge in [0.2, 0.25) is 0 Å². The molecule has 1 amide bonds. The van der Waals surface area contributed by atoms with E-state index in [1.54, 1.807) is 6.07 Å². The zero-order valence-corrected chi connectivity index (χ0v) is 15.9. The number of aromatic carboxylic acids is 1. The molecule has 0 bridgehead atoms. The Morgan fingerprint density at radius 1 is 1.00 bits per heavy atom. The molecular weight excluding hydrogens is 431 g/mol. The second-order valence-corrected chi connectivity index (χ2v) is 6.46. The molecule has 8 nitrogen and oxygen atoms in total. The molecule has 4 rings (SSSR count). The number of carbonyl (C=O) groups is 2. The van der Waals surface area contributed by atoms with E-state index in [0.717, 1.165) is 12.1 Å². The van der Waals surface area contributed by atoms with Gasteiger partial charge in [-0.25, -0.2) is 4.79 Å². The number of anilines is 1. The summed E-state index contributed by atoms with van der Waals surface area (Å²) in [5, 5.41) is 11.5. The van der Waals surface area contributed by atoms with Crippen molar-refractivity contribution in [3.8, 4) is 16.9 Å². The second-order valence-electron chi connectivity index (χ2n) is 6.46. The second kappa shape index (κ2) is 8.02. The molecule has 11 heteroatoms. The molecule has 2 heterocycles. The van der Waals surface area contributed by atoms with Crippen LogP contribution in [0, 0.1) is 0 Å². The lowest BCUT2D eigenvalue weighted by atomic mass is 10.1. The van der Waals surface area contributed by atoms with Gasteiger partial charge >= 0.3 is 18.3 Å². The first-order chi connectivity index (χ1) is 15.2. The van der Waals surface area contributed by atoms with Crippen molar-refractivity contribution in [1.29, 1.82) is 0 Å². The summed E-state index contributed by atoms with van der Waals surface area (Å²) >= 11 is 0. The van der Waals surface area contributed by atoms with Crippen LogP contribution in [0.3, 0.4) is 0 Å². The normalized spacial score (nSPS) is 11.3. The lowest BCUT2D eigenvalue weighted by Gasteiger charge is -2.09. The van der Waals surface area contributed by atoms with Gasteiger partial charge in [0.05, 0.1) is 5.56 Å². The Kier molecular flexibility index (Phi) is 5.23.